The van der Waals surface area contributed by atoms with Crippen LogP contribution in [0.3, 0.4) is 0 Å². The van der Waals surface area contributed by atoms with Gasteiger partial charge in [0.15, 0.2) is 5.69 Å². The van der Waals surface area contributed by atoms with Crippen molar-refractivity contribution < 1.29 is 19.0 Å². The van der Waals surface area contributed by atoms with Crippen molar-refractivity contribution in [3.63, 3.8) is 0 Å². The summed E-state index contributed by atoms with van der Waals surface area (Å²) in [6.07, 6.45) is 2.76. The van der Waals surface area contributed by atoms with Crippen molar-refractivity contribution in [3.8, 4) is 5.88 Å². The third kappa shape index (κ3) is 5.09. The Morgan fingerprint density at radius 3 is 2.61 bits per heavy atom. The highest BCUT2D eigenvalue weighted by atomic mass is 16.5. The highest BCUT2D eigenvalue weighted by Gasteiger charge is 2.11. The summed E-state index contributed by atoms with van der Waals surface area (Å²) in [7, 11) is 1.29. The Hall–Kier alpha value is -1.69. The summed E-state index contributed by atoms with van der Waals surface area (Å²) in [5, 5.41) is 0. The maximum atomic E-state index is 11.2. The van der Waals surface area contributed by atoms with Crippen LogP contribution in [0.15, 0.2) is 12.4 Å². The zero-order chi connectivity index (χ0) is 13.6. The van der Waals surface area contributed by atoms with Gasteiger partial charge in [-0.05, 0) is 20.8 Å². The first-order valence-electron chi connectivity index (χ1n) is 5.59. The zero-order valence-electron chi connectivity index (χ0n) is 11.1. The number of rotatable bonds is 5. The molecule has 0 unspecified atom stereocenters. The maximum absolute atomic E-state index is 11.2. The molecule has 6 nitrogen and oxygen atoms in total. The van der Waals surface area contributed by atoms with E-state index in [1.807, 2.05) is 20.8 Å². The maximum Gasteiger partial charge on any atom is 0.358 e. The SMILES string of the molecule is COC(=O)c1cncc(OCCOC(C)(C)C)n1. The minimum absolute atomic E-state index is 0.117. The second kappa shape index (κ2) is 6.30. The van der Waals surface area contributed by atoms with Gasteiger partial charge in [0.2, 0.25) is 5.88 Å². The van der Waals surface area contributed by atoms with E-state index < -0.39 is 5.97 Å². The molecule has 0 amide bonds. The minimum Gasteiger partial charge on any atom is -0.474 e. The molecule has 0 N–H and O–H groups in total. The Balaban J connectivity index is 2.45. The van der Waals surface area contributed by atoms with Crippen LogP contribution < -0.4 is 4.74 Å². The van der Waals surface area contributed by atoms with Gasteiger partial charge >= 0.3 is 5.97 Å². The summed E-state index contributed by atoms with van der Waals surface area (Å²) < 4.78 is 15.4. The minimum atomic E-state index is -0.543. The molecule has 1 aromatic rings. The monoisotopic (exact) mass is 254 g/mol. The van der Waals surface area contributed by atoms with Crippen LogP contribution in [0.2, 0.25) is 0 Å². The largest absolute Gasteiger partial charge is 0.474 e. The highest BCUT2D eigenvalue weighted by molar-refractivity contribution is 5.86. The molecule has 18 heavy (non-hydrogen) atoms. The lowest BCUT2D eigenvalue weighted by Gasteiger charge is -2.19. The standard InChI is InChI=1S/C12H18N2O4/c1-12(2,3)18-6-5-17-10-8-13-7-9(14-10)11(15)16-4/h7-8H,5-6H2,1-4H3. The molecular weight excluding hydrogens is 236 g/mol. The lowest BCUT2D eigenvalue weighted by molar-refractivity contribution is -0.0168. The molecule has 1 heterocycles. The molecule has 100 valence electrons. The van der Waals surface area contributed by atoms with Crippen LogP contribution in [0.4, 0.5) is 0 Å². The molecule has 0 aromatic carbocycles. The Bertz CT molecular complexity index is 401. The predicted octanol–water partition coefficient (Wildman–Crippen LogP) is 1.46. The van der Waals surface area contributed by atoms with Crippen LogP contribution in [-0.4, -0.2) is 41.9 Å². The molecule has 0 aliphatic rings. The number of carbonyl (C=O) groups excluding carboxylic acids is 1. The van der Waals surface area contributed by atoms with Gasteiger partial charge in [-0.1, -0.05) is 0 Å². The van der Waals surface area contributed by atoms with Crippen molar-refractivity contribution in [2.45, 2.75) is 26.4 Å². The van der Waals surface area contributed by atoms with Gasteiger partial charge in [-0.15, -0.1) is 0 Å². The van der Waals surface area contributed by atoms with Crippen molar-refractivity contribution in [2.75, 3.05) is 20.3 Å². The molecule has 0 radical (unpaired) electrons. The predicted molar refractivity (Wildman–Crippen MR) is 64.6 cm³/mol. The van der Waals surface area contributed by atoms with Crippen LogP contribution in [0.5, 0.6) is 5.88 Å². The summed E-state index contributed by atoms with van der Waals surface area (Å²) in [4.78, 5) is 19.0. The topological polar surface area (TPSA) is 70.5 Å². The van der Waals surface area contributed by atoms with E-state index in [1.54, 1.807) is 0 Å². The molecule has 6 heteroatoms. The smallest absolute Gasteiger partial charge is 0.358 e. The number of carbonyl (C=O) groups is 1. The molecule has 0 aliphatic carbocycles. The number of hydrogen-bond donors (Lipinski definition) is 0. The second-order valence-corrected chi connectivity index (χ2v) is 4.54. The normalized spacial score (nSPS) is 11.1. The Kier molecular flexibility index (Phi) is 5.03. The molecule has 0 saturated heterocycles. The number of nitrogens with zero attached hydrogens (tertiary/aromatic N) is 2. The summed E-state index contributed by atoms with van der Waals surface area (Å²) in [6, 6.07) is 0. The van der Waals surface area contributed by atoms with Gasteiger partial charge < -0.3 is 14.2 Å². The van der Waals surface area contributed by atoms with Gasteiger partial charge in [-0.25, -0.2) is 9.78 Å². The third-order valence-electron chi connectivity index (χ3n) is 1.88. The lowest BCUT2D eigenvalue weighted by atomic mass is 10.2. The molecule has 1 rings (SSSR count). The van der Waals surface area contributed by atoms with Gasteiger partial charge in [0.25, 0.3) is 0 Å². The fraction of sp³-hybridized carbons (Fsp3) is 0.583. The van der Waals surface area contributed by atoms with Gasteiger partial charge in [0, 0.05) is 0 Å². The lowest BCUT2D eigenvalue weighted by Crippen LogP contribution is -2.22. The third-order valence-corrected chi connectivity index (χ3v) is 1.88. The molecule has 1 aromatic heterocycles. The number of methoxy groups -OCH3 is 1. The average molecular weight is 254 g/mol. The first kappa shape index (κ1) is 14.4. The van der Waals surface area contributed by atoms with Crippen molar-refractivity contribution in [2.24, 2.45) is 0 Å². The van der Waals surface area contributed by atoms with E-state index >= 15 is 0 Å². The summed E-state index contributed by atoms with van der Waals surface area (Å²) in [5.41, 5.74) is -0.0881. The number of aromatic nitrogens is 2. The van der Waals surface area contributed by atoms with E-state index in [0.29, 0.717) is 13.2 Å². The van der Waals surface area contributed by atoms with Crippen LogP contribution >= 0.6 is 0 Å². The van der Waals surface area contributed by atoms with E-state index in [2.05, 4.69) is 14.7 Å². The Labute approximate surface area is 106 Å². The summed E-state index contributed by atoms with van der Waals surface area (Å²) in [6.45, 7) is 6.67. The quantitative estimate of drug-likeness (QED) is 0.585. The number of hydrogen-bond acceptors (Lipinski definition) is 6. The first-order valence-corrected chi connectivity index (χ1v) is 5.59. The van der Waals surface area contributed by atoms with Crippen LogP contribution in [0.25, 0.3) is 0 Å². The van der Waals surface area contributed by atoms with Crippen LogP contribution in [-0.2, 0) is 9.47 Å². The zero-order valence-corrected chi connectivity index (χ0v) is 11.1. The van der Waals surface area contributed by atoms with Crippen LogP contribution in [0, 0.1) is 0 Å². The fourth-order valence-electron chi connectivity index (χ4n) is 1.11. The molecular formula is C12H18N2O4. The van der Waals surface area contributed by atoms with Gasteiger partial charge in [0.1, 0.15) is 6.61 Å². The second-order valence-electron chi connectivity index (χ2n) is 4.54. The van der Waals surface area contributed by atoms with Gasteiger partial charge in [-0.2, -0.15) is 0 Å². The molecule has 0 fully saturated rings. The molecule has 0 atom stereocenters. The van der Waals surface area contributed by atoms with Crippen LogP contribution in [0.1, 0.15) is 31.3 Å². The van der Waals surface area contributed by atoms with E-state index in [0.717, 1.165) is 0 Å². The number of esters is 1. The summed E-state index contributed by atoms with van der Waals surface area (Å²) in [5.74, 6) is -0.269. The van der Waals surface area contributed by atoms with Gasteiger partial charge in [-0.3, -0.25) is 4.98 Å². The van der Waals surface area contributed by atoms with E-state index in [-0.39, 0.29) is 17.2 Å². The summed E-state index contributed by atoms with van der Waals surface area (Å²) >= 11 is 0. The van der Waals surface area contributed by atoms with E-state index in [4.69, 9.17) is 9.47 Å². The molecule has 0 aliphatic heterocycles. The fourth-order valence-corrected chi connectivity index (χ4v) is 1.11. The average Bonchev–Trinajstić information content (AvgIpc) is 2.33. The van der Waals surface area contributed by atoms with Crippen molar-refractivity contribution >= 4 is 5.97 Å². The Morgan fingerprint density at radius 1 is 1.28 bits per heavy atom. The van der Waals surface area contributed by atoms with Crippen molar-refractivity contribution in [1.29, 1.82) is 0 Å². The molecule has 0 bridgehead atoms. The van der Waals surface area contributed by atoms with E-state index in [1.165, 1.54) is 19.5 Å². The van der Waals surface area contributed by atoms with Crippen molar-refractivity contribution in [3.05, 3.63) is 18.1 Å². The first-order chi connectivity index (χ1) is 8.42. The highest BCUT2D eigenvalue weighted by Crippen LogP contribution is 2.08. The molecule has 0 spiro atoms. The van der Waals surface area contributed by atoms with E-state index in [9.17, 15) is 4.79 Å². The molecule has 0 saturated carbocycles. The number of ether oxygens (including phenoxy) is 3. The van der Waals surface area contributed by atoms with Gasteiger partial charge in [0.05, 0.1) is 31.7 Å². The Morgan fingerprint density at radius 2 is 2.00 bits per heavy atom. The van der Waals surface area contributed by atoms with Crippen molar-refractivity contribution in [1.82, 2.24) is 9.97 Å².